The monoisotopic (exact) mass is 334 g/mol. The summed E-state index contributed by atoms with van der Waals surface area (Å²) in [7, 11) is 0. The number of rotatable bonds is 2. The molecule has 24 heavy (non-hydrogen) atoms. The van der Waals surface area contributed by atoms with E-state index in [1.807, 2.05) is 35.0 Å². The van der Waals surface area contributed by atoms with Crippen molar-refractivity contribution >= 4 is 28.0 Å². The molecule has 4 rings (SSSR count). The molecule has 4 aromatic rings. The highest BCUT2D eigenvalue weighted by molar-refractivity contribution is 6.31. The number of halogens is 1. The number of benzene rings is 1. The third-order valence-electron chi connectivity index (χ3n) is 4.00. The Morgan fingerprint density at radius 1 is 1.25 bits per heavy atom. The molecule has 0 aliphatic heterocycles. The van der Waals surface area contributed by atoms with Crippen molar-refractivity contribution < 1.29 is 0 Å². The van der Waals surface area contributed by atoms with Gasteiger partial charge in [-0.1, -0.05) is 17.7 Å². The number of pyridine rings is 1. The normalized spacial score (nSPS) is 11.0. The van der Waals surface area contributed by atoms with Crippen LogP contribution in [0.25, 0.3) is 16.4 Å². The standard InChI is InChI=1S/C18H11ClN4O/c19-13-4-5-16-14(7-13)18(24)23(11-21-16)10-12-9-22-6-2-1-3-17(22)15(12)8-20/h1-7,9,11H,10H2. The quantitative estimate of drug-likeness (QED) is 0.565. The Bertz CT molecular complexity index is 1180. The number of hydrogen-bond acceptors (Lipinski definition) is 3. The number of nitriles is 1. The second-order valence-corrected chi connectivity index (χ2v) is 5.91. The van der Waals surface area contributed by atoms with Crippen molar-refractivity contribution in [2.45, 2.75) is 6.54 Å². The molecule has 3 heterocycles. The van der Waals surface area contributed by atoms with E-state index in [0.717, 1.165) is 11.1 Å². The minimum atomic E-state index is -0.179. The molecule has 0 aliphatic rings. The van der Waals surface area contributed by atoms with Crippen molar-refractivity contribution in [2.24, 2.45) is 0 Å². The van der Waals surface area contributed by atoms with Gasteiger partial charge in [0.2, 0.25) is 0 Å². The molecular weight excluding hydrogens is 324 g/mol. The van der Waals surface area contributed by atoms with Gasteiger partial charge in [-0.3, -0.25) is 9.36 Å². The molecule has 0 bridgehead atoms. The fraction of sp³-hybridized carbons (Fsp3) is 0.0556. The van der Waals surface area contributed by atoms with Gasteiger partial charge in [0, 0.05) is 23.0 Å². The van der Waals surface area contributed by atoms with Crippen LogP contribution in [0.2, 0.25) is 5.02 Å². The highest BCUT2D eigenvalue weighted by Gasteiger charge is 2.12. The summed E-state index contributed by atoms with van der Waals surface area (Å²) in [6.45, 7) is 0.277. The van der Waals surface area contributed by atoms with Crippen molar-refractivity contribution in [3.05, 3.63) is 81.6 Å². The zero-order valence-corrected chi connectivity index (χ0v) is 13.2. The zero-order chi connectivity index (χ0) is 16.7. The van der Waals surface area contributed by atoms with E-state index in [0.29, 0.717) is 21.5 Å². The molecule has 0 aliphatic carbocycles. The van der Waals surface area contributed by atoms with E-state index < -0.39 is 0 Å². The van der Waals surface area contributed by atoms with Gasteiger partial charge in [0.15, 0.2) is 0 Å². The van der Waals surface area contributed by atoms with E-state index in [1.54, 1.807) is 18.2 Å². The predicted molar refractivity (Wildman–Crippen MR) is 92.2 cm³/mol. The molecule has 1 aromatic carbocycles. The predicted octanol–water partition coefficient (Wildman–Crippen LogP) is 3.22. The lowest BCUT2D eigenvalue weighted by molar-refractivity contribution is 0.747. The maximum atomic E-state index is 12.7. The average molecular weight is 335 g/mol. The lowest BCUT2D eigenvalue weighted by Crippen LogP contribution is -2.21. The summed E-state index contributed by atoms with van der Waals surface area (Å²) < 4.78 is 3.37. The number of fused-ring (bicyclic) bond motifs is 2. The second kappa shape index (κ2) is 5.52. The number of hydrogen-bond donors (Lipinski definition) is 0. The van der Waals surface area contributed by atoms with Gasteiger partial charge < -0.3 is 4.40 Å². The van der Waals surface area contributed by atoms with E-state index in [9.17, 15) is 10.1 Å². The van der Waals surface area contributed by atoms with Gasteiger partial charge in [0.05, 0.1) is 34.9 Å². The zero-order valence-electron chi connectivity index (χ0n) is 12.5. The molecule has 5 nitrogen and oxygen atoms in total. The first-order chi connectivity index (χ1) is 11.7. The van der Waals surface area contributed by atoms with Crippen LogP contribution in [0.1, 0.15) is 11.1 Å². The van der Waals surface area contributed by atoms with E-state index in [1.165, 1.54) is 10.9 Å². The van der Waals surface area contributed by atoms with Gasteiger partial charge in [-0.05, 0) is 30.3 Å². The van der Waals surface area contributed by atoms with Crippen LogP contribution >= 0.6 is 11.6 Å². The molecule has 0 N–H and O–H groups in total. The molecule has 0 spiro atoms. The van der Waals surface area contributed by atoms with Crippen molar-refractivity contribution in [2.75, 3.05) is 0 Å². The maximum absolute atomic E-state index is 12.7. The SMILES string of the molecule is N#Cc1c(Cn2cnc3ccc(Cl)cc3c2=O)cn2ccccc12. The van der Waals surface area contributed by atoms with Gasteiger partial charge in [0.25, 0.3) is 5.56 Å². The smallest absolute Gasteiger partial charge is 0.261 e. The summed E-state index contributed by atoms with van der Waals surface area (Å²) in [5.41, 5.74) is 2.58. The molecule has 0 fully saturated rings. The Morgan fingerprint density at radius 3 is 2.96 bits per heavy atom. The van der Waals surface area contributed by atoms with Crippen molar-refractivity contribution in [1.82, 2.24) is 14.0 Å². The lowest BCUT2D eigenvalue weighted by atomic mass is 10.1. The van der Waals surface area contributed by atoms with Crippen LogP contribution in [0.3, 0.4) is 0 Å². The molecule has 0 unspecified atom stereocenters. The molecule has 0 atom stereocenters. The topological polar surface area (TPSA) is 63.1 Å². The molecule has 0 saturated heterocycles. The van der Waals surface area contributed by atoms with E-state index >= 15 is 0 Å². The minimum Gasteiger partial charge on any atom is -0.322 e. The summed E-state index contributed by atoms with van der Waals surface area (Å²) in [6, 6.07) is 12.9. The fourth-order valence-corrected chi connectivity index (χ4v) is 3.03. The summed E-state index contributed by atoms with van der Waals surface area (Å²) >= 11 is 5.98. The Labute approximate surface area is 142 Å². The summed E-state index contributed by atoms with van der Waals surface area (Å²) in [6.07, 6.45) is 5.24. The molecule has 0 saturated carbocycles. The average Bonchev–Trinajstić information content (AvgIpc) is 2.95. The first kappa shape index (κ1) is 14.5. The van der Waals surface area contributed by atoms with Crippen LogP contribution in [-0.4, -0.2) is 14.0 Å². The number of nitrogens with zero attached hydrogens (tertiary/aromatic N) is 4. The highest BCUT2D eigenvalue weighted by Crippen LogP contribution is 2.19. The van der Waals surface area contributed by atoms with Gasteiger partial charge in [-0.2, -0.15) is 5.26 Å². The highest BCUT2D eigenvalue weighted by atomic mass is 35.5. The first-order valence-corrected chi connectivity index (χ1v) is 7.68. The van der Waals surface area contributed by atoms with Crippen LogP contribution in [-0.2, 0) is 6.54 Å². The number of aromatic nitrogens is 3. The Kier molecular flexibility index (Phi) is 3.33. The van der Waals surface area contributed by atoms with Crippen LogP contribution in [0, 0.1) is 11.3 Å². The molecule has 116 valence electrons. The van der Waals surface area contributed by atoms with Gasteiger partial charge in [-0.25, -0.2) is 4.98 Å². The van der Waals surface area contributed by atoms with Gasteiger partial charge in [0.1, 0.15) is 6.07 Å². The third kappa shape index (κ3) is 2.25. The van der Waals surface area contributed by atoms with Crippen molar-refractivity contribution in [1.29, 1.82) is 5.26 Å². The first-order valence-electron chi connectivity index (χ1n) is 7.31. The van der Waals surface area contributed by atoms with E-state index in [2.05, 4.69) is 11.1 Å². The Balaban J connectivity index is 1.87. The van der Waals surface area contributed by atoms with E-state index in [-0.39, 0.29) is 12.1 Å². The van der Waals surface area contributed by atoms with Crippen LogP contribution in [0.4, 0.5) is 0 Å². The summed E-state index contributed by atoms with van der Waals surface area (Å²) in [4.78, 5) is 17.0. The molecule has 0 radical (unpaired) electrons. The lowest BCUT2D eigenvalue weighted by Gasteiger charge is -2.06. The minimum absolute atomic E-state index is 0.179. The molecular formula is C18H11ClN4O. The summed E-state index contributed by atoms with van der Waals surface area (Å²) in [5, 5.41) is 10.4. The van der Waals surface area contributed by atoms with Crippen LogP contribution in [0.15, 0.2) is 59.9 Å². The Morgan fingerprint density at radius 2 is 2.12 bits per heavy atom. The largest absolute Gasteiger partial charge is 0.322 e. The van der Waals surface area contributed by atoms with E-state index in [4.69, 9.17) is 11.6 Å². The van der Waals surface area contributed by atoms with Crippen LogP contribution < -0.4 is 5.56 Å². The van der Waals surface area contributed by atoms with Crippen molar-refractivity contribution in [3.63, 3.8) is 0 Å². The molecule has 0 amide bonds. The van der Waals surface area contributed by atoms with Crippen LogP contribution in [0.5, 0.6) is 0 Å². The third-order valence-corrected chi connectivity index (χ3v) is 4.24. The maximum Gasteiger partial charge on any atom is 0.261 e. The second-order valence-electron chi connectivity index (χ2n) is 5.47. The van der Waals surface area contributed by atoms with Gasteiger partial charge >= 0.3 is 0 Å². The molecule has 3 aromatic heterocycles. The Hall–Kier alpha value is -3.10. The summed E-state index contributed by atoms with van der Waals surface area (Å²) in [5.74, 6) is 0. The van der Waals surface area contributed by atoms with Gasteiger partial charge in [-0.15, -0.1) is 0 Å². The van der Waals surface area contributed by atoms with Crippen molar-refractivity contribution in [3.8, 4) is 6.07 Å². The molecule has 6 heteroatoms. The fourth-order valence-electron chi connectivity index (χ4n) is 2.85.